The number of benzene rings is 1. The Morgan fingerprint density at radius 2 is 2.04 bits per heavy atom. The molecule has 3 aromatic rings. The van der Waals surface area contributed by atoms with E-state index in [4.69, 9.17) is 5.73 Å². The highest BCUT2D eigenvalue weighted by Crippen LogP contribution is 2.21. The molecule has 0 unspecified atom stereocenters. The molecule has 0 aliphatic carbocycles. The lowest BCUT2D eigenvalue weighted by molar-refractivity contribution is 0.706. The highest BCUT2D eigenvalue weighted by molar-refractivity contribution is 7.99. The molecule has 23 heavy (non-hydrogen) atoms. The molecule has 0 radical (unpaired) electrons. The molecule has 2 aromatic heterocycles. The molecule has 0 aliphatic rings. The van der Waals surface area contributed by atoms with Crippen LogP contribution in [-0.4, -0.2) is 25.3 Å². The number of hydrogen-bond acceptors (Lipinski definition) is 5. The third-order valence-corrected chi connectivity index (χ3v) is 4.61. The van der Waals surface area contributed by atoms with Crippen LogP contribution in [0.25, 0.3) is 16.9 Å². The molecular formula is C17H21N5S. The molecule has 120 valence electrons. The minimum absolute atomic E-state index is 0.716. The number of nitrogen functional groups attached to an aromatic ring is 1. The minimum atomic E-state index is 0.716. The Balaban J connectivity index is 1.76. The molecule has 0 saturated carbocycles. The number of anilines is 1. The third kappa shape index (κ3) is 3.82. The number of hydrogen-bond donors (Lipinski definition) is 1. The van der Waals surface area contributed by atoms with Crippen molar-refractivity contribution in [3.05, 3.63) is 36.8 Å². The molecule has 0 aliphatic heterocycles. The predicted octanol–water partition coefficient (Wildman–Crippen LogP) is 4.07. The Morgan fingerprint density at radius 3 is 2.91 bits per heavy atom. The van der Waals surface area contributed by atoms with E-state index in [9.17, 15) is 0 Å². The number of unbranched alkanes of at least 4 members (excludes halogenated alkanes) is 3. The van der Waals surface area contributed by atoms with Crippen molar-refractivity contribution < 1.29 is 0 Å². The van der Waals surface area contributed by atoms with Crippen molar-refractivity contribution in [1.82, 2.24) is 19.5 Å². The minimum Gasteiger partial charge on any atom is -0.399 e. The molecule has 3 rings (SSSR count). The summed E-state index contributed by atoms with van der Waals surface area (Å²) in [5.74, 6) is 1.90. The van der Waals surface area contributed by atoms with Gasteiger partial charge in [0.05, 0.1) is 11.0 Å². The zero-order valence-electron chi connectivity index (χ0n) is 13.3. The van der Waals surface area contributed by atoms with Crippen LogP contribution in [-0.2, 0) is 0 Å². The highest BCUT2D eigenvalue weighted by atomic mass is 32.2. The quantitative estimate of drug-likeness (QED) is 0.306. The predicted molar refractivity (Wildman–Crippen MR) is 95.9 cm³/mol. The number of nitrogens with zero attached hydrogens (tertiary/aromatic N) is 4. The first kappa shape index (κ1) is 15.8. The molecule has 5 nitrogen and oxygen atoms in total. The molecule has 0 spiro atoms. The number of thioether (sulfide) groups is 1. The second-order valence-electron chi connectivity index (χ2n) is 5.47. The van der Waals surface area contributed by atoms with Gasteiger partial charge in [0.25, 0.3) is 0 Å². The smallest absolute Gasteiger partial charge is 0.189 e. The first-order valence-corrected chi connectivity index (χ1v) is 8.95. The summed E-state index contributed by atoms with van der Waals surface area (Å²) in [5.41, 5.74) is 8.39. The lowest BCUT2D eigenvalue weighted by atomic mass is 10.2. The Morgan fingerprint density at radius 1 is 1.13 bits per heavy atom. The number of nitrogens with two attached hydrogens (primary N) is 1. The van der Waals surface area contributed by atoms with E-state index >= 15 is 0 Å². The molecule has 2 heterocycles. The first-order valence-electron chi connectivity index (χ1n) is 7.96. The molecule has 1 aromatic carbocycles. The van der Waals surface area contributed by atoms with Crippen LogP contribution in [0.4, 0.5) is 5.69 Å². The first-order chi connectivity index (χ1) is 11.3. The molecule has 0 atom stereocenters. The Labute approximate surface area is 140 Å². The van der Waals surface area contributed by atoms with Crippen molar-refractivity contribution in [2.75, 3.05) is 11.5 Å². The van der Waals surface area contributed by atoms with Gasteiger partial charge in [0.1, 0.15) is 12.1 Å². The van der Waals surface area contributed by atoms with Gasteiger partial charge in [-0.15, -0.1) is 0 Å². The summed E-state index contributed by atoms with van der Waals surface area (Å²) >= 11 is 1.71. The molecule has 6 heteroatoms. The van der Waals surface area contributed by atoms with Gasteiger partial charge in [-0.3, -0.25) is 4.57 Å². The topological polar surface area (TPSA) is 69.6 Å². The summed E-state index contributed by atoms with van der Waals surface area (Å²) in [4.78, 5) is 13.4. The van der Waals surface area contributed by atoms with Gasteiger partial charge in [-0.2, -0.15) is 0 Å². The summed E-state index contributed by atoms with van der Waals surface area (Å²) < 4.78 is 1.97. The van der Waals surface area contributed by atoms with Gasteiger partial charge in [-0.25, -0.2) is 15.0 Å². The van der Waals surface area contributed by atoms with E-state index < -0.39 is 0 Å². The Hall–Kier alpha value is -2.08. The van der Waals surface area contributed by atoms with Crippen molar-refractivity contribution in [3.8, 4) is 5.82 Å². The van der Waals surface area contributed by atoms with Crippen LogP contribution in [0.3, 0.4) is 0 Å². The van der Waals surface area contributed by atoms with E-state index in [1.54, 1.807) is 24.3 Å². The van der Waals surface area contributed by atoms with Crippen LogP contribution in [0.2, 0.25) is 0 Å². The van der Waals surface area contributed by atoms with Crippen LogP contribution in [0.1, 0.15) is 32.6 Å². The fraction of sp³-hybridized carbons (Fsp3) is 0.353. The molecule has 0 amide bonds. The summed E-state index contributed by atoms with van der Waals surface area (Å²) in [7, 11) is 0. The van der Waals surface area contributed by atoms with Gasteiger partial charge in [0.2, 0.25) is 0 Å². The molecular weight excluding hydrogens is 306 g/mol. The molecule has 0 saturated heterocycles. The van der Waals surface area contributed by atoms with E-state index in [2.05, 4.69) is 21.9 Å². The average molecular weight is 327 g/mol. The van der Waals surface area contributed by atoms with Gasteiger partial charge >= 0.3 is 0 Å². The summed E-state index contributed by atoms with van der Waals surface area (Å²) in [6.45, 7) is 2.22. The fourth-order valence-corrected chi connectivity index (χ4v) is 3.26. The number of imidazole rings is 1. The molecule has 2 N–H and O–H groups in total. The average Bonchev–Trinajstić information content (AvgIpc) is 2.98. The normalized spacial score (nSPS) is 11.2. The SMILES string of the molecule is CCCCCCSc1nccc(-n2cnc3cc(N)ccc32)n1. The maximum Gasteiger partial charge on any atom is 0.189 e. The van der Waals surface area contributed by atoms with E-state index in [-0.39, 0.29) is 0 Å². The Kier molecular flexibility index (Phi) is 5.12. The lowest BCUT2D eigenvalue weighted by Gasteiger charge is -2.05. The van der Waals surface area contributed by atoms with Gasteiger partial charge in [-0.05, 0) is 30.7 Å². The fourth-order valence-electron chi connectivity index (χ4n) is 2.44. The molecule has 0 fully saturated rings. The van der Waals surface area contributed by atoms with Crippen LogP contribution in [0.5, 0.6) is 0 Å². The Bertz CT molecular complexity index is 784. The highest BCUT2D eigenvalue weighted by Gasteiger charge is 2.07. The molecule has 0 bridgehead atoms. The van der Waals surface area contributed by atoms with Gasteiger partial charge in [-0.1, -0.05) is 37.9 Å². The van der Waals surface area contributed by atoms with E-state index in [0.717, 1.165) is 27.8 Å². The standard InChI is InChI=1S/C17H21N5S/c1-2-3-4-5-10-23-17-19-9-8-16(21-17)22-12-20-14-11-13(18)6-7-15(14)22/h6-9,11-12H,2-5,10,18H2,1H3. The monoisotopic (exact) mass is 327 g/mol. The zero-order chi connectivity index (χ0) is 16.1. The van der Waals surface area contributed by atoms with E-state index in [1.165, 1.54) is 25.7 Å². The summed E-state index contributed by atoms with van der Waals surface area (Å²) in [5, 5.41) is 0.816. The maximum absolute atomic E-state index is 5.81. The van der Waals surface area contributed by atoms with Gasteiger partial charge in [0.15, 0.2) is 5.16 Å². The van der Waals surface area contributed by atoms with Crippen LogP contribution < -0.4 is 5.73 Å². The van der Waals surface area contributed by atoms with Gasteiger partial charge < -0.3 is 5.73 Å². The van der Waals surface area contributed by atoms with Crippen LogP contribution >= 0.6 is 11.8 Å². The van der Waals surface area contributed by atoms with E-state index in [0.29, 0.717) is 5.69 Å². The summed E-state index contributed by atoms with van der Waals surface area (Å²) in [6.07, 6.45) is 8.62. The maximum atomic E-state index is 5.81. The largest absolute Gasteiger partial charge is 0.399 e. The van der Waals surface area contributed by atoms with Crippen LogP contribution in [0, 0.1) is 0 Å². The number of aromatic nitrogens is 4. The summed E-state index contributed by atoms with van der Waals surface area (Å²) in [6, 6.07) is 7.62. The van der Waals surface area contributed by atoms with Crippen LogP contribution in [0.15, 0.2) is 41.9 Å². The van der Waals surface area contributed by atoms with Crippen molar-refractivity contribution in [1.29, 1.82) is 0 Å². The van der Waals surface area contributed by atoms with Gasteiger partial charge in [0, 0.05) is 17.6 Å². The second-order valence-corrected chi connectivity index (χ2v) is 6.53. The van der Waals surface area contributed by atoms with Crippen molar-refractivity contribution in [2.24, 2.45) is 0 Å². The number of fused-ring (bicyclic) bond motifs is 1. The van der Waals surface area contributed by atoms with Crippen molar-refractivity contribution in [3.63, 3.8) is 0 Å². The second kappa shape index (κ2) is 7.46. The number of rotatable bonds is 7. The van der Waals surface area contributed by atoms with Crippen molar-refractivity contribution >= 4 is 28.5 Å². The van der Waals surface area contributed by atoms with Crippen molar-refractivity contribution in [2.45, 2.75) is 37.8 Å². The van der Waals surface area contributed by atoms with E-state index in [1.807, 2.05) is 28.8 Å². The lowest BCUT2D eigenvalue weighted by Crippen LogP contribution is -1.98. The third-order valence-electron chi connectivity index (χ3n) is 3.67. The zero-order valence-corrected chi connectivity index (χ0v) is 14.1.